The van der Waals surface area contributed by atoms with E-state index in [1.165, 1.54) is 0 Å². The van der Waals surface area contributed by atoms with Crippen LogP contribution >= 0.6 is 0 Å². The number of rotatable bonds is 5. The van der Waals surface area contributed by atoms with Crippen LogP contribution in [0.25, 0.3) is 0 Å². The van der Waals surface area contributed by atoms with Crippen molar-refractivity contribution in [2.45, 2.75) is 96.0 Å². The quantitative estimate of drug-likeness (QED) is 0.559. The second-order valence-electron chi connectivity index (χ2n) is 8.35. The molecule has 0 saturated carbocycles. The maximum Gasteiger partial charge on any atom is 0.192 e. The first-order valence-electron chi connectivity index (χ1n) is 8.27. The topological polar surface area (TPSA) is 36.9 Å². The highest BCUT2D eigenvalue weighted by Crippen LogP contribution is 2.44. The summed E-state index contributed by atoms with van der Waals surface area (Å²) in [6.45, 7) is 19.0. The van der Waals surface area contributed by atoms with Gasteiger partial charge in [0.05, 0.1) is 6.10 Å². The molecule has 0 spiro atoms. The van der Waals surface area contributed by atoms with Crippen LogP contribution in [0.15, 0.2) is 12.7 Å². The monoisotopic (exact) mass is 328 g/mol. The molecular formula is C17H32O4Si. The molecule has 22 heavy (non-hydrogen) atoms. The third kappa shape index (κ3) is 3.65. The average molecular weight is 329 g/mol. The summed E-state index contributed by atoms with van der Waals surface area (Å²) in [6.07, 6.45) is 3.21. The molecule has 2 fully saturated rings. The molecule has 5 heteroatoms. The Balaban J connectivity index is 2.17. The van der Waals surface area contributed by atoms with Crippen molar-refractivity contribution in [3.8, 4) is 0 Å². The van der Waals surface area contributed by atoms with Gasteiger partial charge in [-0.15, -0.1) is 6.58 Å². The van der Waals surface area contributed by atoms with Gasteiger partial charge in [-0.25, -0.2) is 0 Å². The van der Waals surface area contributed by atoms with Crippen LogP contribution in [0.4, 0.5) is 0 Å². The Bertz CT molecular complexity index is 413. The highest BCUT2D eigenvalue weighted by molar-refractivity contribution is 6.74. The minimum absolute atomic E-state index is 0.0122. The van der Waals surface area contributed by atoms with Gasteiger partial charge in [0.15, 0.2) is 20.4 Å². The lowest BCUT2D eigenvalue weighted by atomic mass is 10.1. The molecule has 2 rings (SSSR count). The predicted molar refractivity (Wildman–Crippen MR) is 90.2 cm³/mol. The van der Waals surface area contributed by atoms with Crippen molar-refractivity contribution >= 4 is 8.32 Å². The minimum atomic E-state index is -1.90. The molecule has 0 aromatic heterocycles. The second-order valence-corrected chi connectivity index (χ2v) is 13.1. The van der Waals surface area contributed by atoms with Crippen LogP contribution in [-0.4, -0.2) is 38.7 Å². The lowest BCUT2D eigenvalue weighted by Gasteiger charge is -2.40. The number of ether oxygens (including phenoxy) is 3. The summed E-state index contributed by atoms with van der Waals surface area (Å²) in [7, 11) is -1.90. The molecule has 4 atom stereocenters. The summed E-state index contributed by atoms with van der Waals surface area (Å²) < 4.78 is 24.7. The van der Waals surface area contributed by atoms with E-state index >= 15 is 0 Å². The molecule has 2 aliphatic rings. The van der Waals surface area contributed by atoms with Crippen LogP contribution in [0.5, 0.6) is 0 Å². The lowest BCUT2D eigenvalue weighted by Crippen LogP contribution is -2.49. The van der Waals surface area contributed by atoms with Crippen molar-refractivity contribution in [1.82, 2.24) is 0 Å². The predicted octanol–water partition coefficient (Wildman–Crippen LogP) is 4.22. The van der Waals surface area contributed by atoms with Gasteiger partial charge in [0.1, 0.15) is 12.2 Å². The average Bonchev–Trinajstić information content (AvgIpc) is 2.79. The zero-order valence-corrected chi connectivity index (χ0v) is 16.1. The van der Waals surface area contributed by atoms with Gasteiger partial charge in [0, 0.05) is 0 Å². The molecule has 0 bridgehead atoms. The zero-order valence-electron chi connectivity index (χ0n) is 15.1. The molecule has 2 saturated heterocycles. The Labute approximate surface area is 136 Å². The van der Waals surface area contributed by atoms with E-state index in [9.17, 15) is 0 Å². The van der Waals surface area contributed by atoms with E-state index in [2.05, 4.69) is 40.4 Å². The van der Waals surface area contributed by atoms with Crippen LogP contribution < -0.4 is 0 Å². The summed E-state index contributed by atoms with van der Waals surface area (Å²) in [4.78, 5) is 0. The number of hydrogen-bond acceptors (Lipinski definition) is 4. The maximum atomic E-state index is 6.65. The fourth-order valence-electron chi connectivity index (χ4n) is 2.72. The molecule has 0 unspecified atom stereocenters. The molecule has 128 valence electrons. The maximum absolute atomic E-state index is 6.65. The van der Waals surface area contributed by atoms with Gasteiger partial charge in [-0.05, 0) is 44.8 Å². The molecule has 4 nitrogen and oxygen atoms in total. The minimum Gasteiger partial charge on any atom is -0.408 e. The molecule has 2 aliphatic heterocycles. The third-order valence-corrected chi connectivity index (χ3v) is 9.45. The smallest absolute Gasteiger partial charge is 0.192 e. The van der Waals surface area contributed by atoms with Crippen LogP contribution in [0.1, 0.15) is 47.5 Å². The summed E-state index contributed by atoms with van der Waals surface area (Å²) in [5.74, 6) is -0.603. The highest BCUT2D eigenvalue weighted by Gasteiger charge is 2.57. The van der Waals surface area contributed by atoms with Gasteiger partial charge in [-0.2, -0.15) is 0 Å². The van der Waals surface area contributed by atoms with Crippen molar-refractivity contribution in [3.63, 3.8) is 0 Å². The van der Waals surface area contributed by atoms with Gasteiger partial charge in [-0.1, -0.05) is 26.8 Å². The van der Waals surface area contributed by atoms with E-state index in [-0.39, 0.29) is 29.6 Å². The fourth-order valence-corrected chi connectivity index (χ4v) is 4.04. The van der Waals surface area contributed by atoms with E-state index in [0.717, 1.165) is 12.8 Å². The molecule has 0 N–H and O–H groups in total. The Morgan fingerprint density at radius 2 is 1.86 bits per heavy atom. The molecule has 0 aromatic rings. The molecule has 0 aliphatic carbocycles. The van der Waals surface area contributed by atoms with Crippen molar-refractivity contribution in [3.05, 3.63) is 12.7 Å². The lowest BCUT2D eigenvalue weighted by molar-refractivity contribution is -0.214. The Morgan fingerprint density at radius 3 is 2.41 bits per heavy atom. The third-order valence-electron chi connectivity index (χ3n) is 4.98. The molecule has 0 radical (unpaired) electrons. The first-order chi connectivity index (χ1) is 9.97. The largest absolute Gasteiger partial charge is 0.408 e. The van der Waals surface area contributed by atoms with E-state index < -0.39 is 14.1 Å². The summed E-state index contributed by atoms with van der Waals surface area (Å²) in [6, 6.07) is 0. The molecule has 0 aromatic carbocycles. The van der Waals surface area contributed by atoms with Crippen molar-refractivity contribution in [2.75, 3.05) is 0 Å². The zero-order chi connectivity index (χ0) is 16.8. The van der Waals surface area contributed by atoms with E-state index in [0.29, 0.717) is 0 Å². The number of fused-ring (bicyclic) bond motifs is 1. The van der Waals surface area contributed by atoms with Crippen LogP contribution in [0.3, 0.4) is 0 Å². The first kappa shape index (κ1) is 18.1. The Morgan fingerprint density at radius 1 is 1.23 bits per heavy atom. The van der Waals surface area contributed by atoms with Gasteiger partial charge in [0.2, 0.25) is 0 Å². The summed E-state index contributed by atoms with van der Waals surface area (Å²) >= 11 is 0. The Hall–Kier alpha value is -0.203. The molecular weight excluding hydrogens is 296 g/mol. The standard InChI is InChI=1S/C17H32O4Si/c1-9-10-11-12-13(21-22(7,8)16(2,3)4)14-15(18-12)20-17(5,6)19-14/h9,12-15H,1,10-11H2,2-8H3/t12-,13+,14-,15-/m1/s1. The number of hydrogen-bond donors (Lipinski definition) is 0. The fraction of sp³-hybridized carbons (Fsp3) is 0.882. The van der Waals surface area contributed by atoms with Crippen LogP contribution in [0.2, 0.25) is 18.1 Å². The molecule has 0 amide bonds. The summed E-state index contributed by atoms with van der Waals surface area (Å²) in [5.41, 5.74) is 0. The van der Waals surface area contributed by atoms with Crippen molar-refractivity contribution in [2.24, 2.45) is 0 Å². The SMILES string of the molecule is C=CCC[C@H]1O[C@@H]2OC(C)(C)O[C@@H]2[C@H]1O[Si](C)(C)C(C)(C)C. The summed E-state index contributed by atoms with van der Waals surface area (Å²) in [5, 5.41) is 0.156. The number of allylic oxidation sites excluding steroid dienone is 1. The van der Waals surface area contributed by atoms with Crippen LogP contribution in [0, 0.1) is 0 Å². The second kappa shape index (κ2) is 6.02. The first-order valence-corrected chi connectivity index (χ1v) is 11.2. The van der Waals surface area contributed by atoms with E-state index in [4.69, 9.17) is 18.6 Å². The van der Waals surface area contributed by atoms with E-state index in [1.54, 1.807) is 0 Å². The highest BCUT2D eigenvalue weighted by atomic mass is 28.4. The molecule has 2 heterocycles. The van der Waals surface area contributed by atoms with Crippen molar-refractivity contribution in [1.29, 1.82) is 0 Å². The van der Waals surface area contributed by atoms with Gasteiger partial charge in [0.25, 0.3) is 0 Å². The van der Waals surface area contributed by atoms with Gasteiger partial charge >= 0.3 is 0 Å². The van der Waals surface area contributed by atoms with Crippen LogP contribution in [-0.2, 0) is 18.6 Å². The normalized spacial score (nSPS) is 34.7. The van der Waals surface area contributed by atoms with Crippen molar-refractivity contribution < 1.29 is 18.6 Å². The Kier molecular flexibility index (Phi) is 4.96. The van der Waals surface area contributed by atoms with E-state index in [1.807, 2.05) is 19.9 Å². The van der Waals surface area contributed by atoms with Gasteiger partial charge in [-0.3, -0.25) is 0 Å². The van der Waals surface area contributed by atoms with Gasteiger partial charge < -0.3 is 18.6 Å².